The Hall–Kier alpha value is -2.65. The van der Waals surface area contributed by atoms with Crippen LogP contribution in [0.3, 0.4) is 0 Å². The van der Waals surface area contributed by atoms with Crippen molar-refractivity contribution in [2.24, 2.45) is 0 Å². The molecule has 0 bridgehead atoms. The number of rotatable bonds is 4. The number of nitrogen functional groups attached to an aromatic ring is 1. The highest BCUT2D eigenvalue weighted by atomic mass is 32.1. The molecule has 9 heteroatoms. The second-order valence-corrected chi connectivity index (χ2v) is 7.02. The molecule has 0 aliphatic rings. The summed E-state index contributed by atoms with van der Waals surface area (Å²) in [5, 5.41) is 14.4. The normalized spacial score (nSPS) is 10.3. The molecule has 0 saturated heterocycles. The van der Waals surface area contributed by atoms with Gasteiger partial charge in [0.25, 0.3) is 5.91 Å². The number of alkyl carbamates (subject to hydrolysis) is 1. The summed E-state index contributed by atoms with van der Waals surface area (Å²) in [6.45, 7) is 5.08. The maximum absolute atomic E-state index is 11.8. The van der Waals surface area contributed by atoms with Crippen molar-refractivity contribution >= 4 is 34.2 Å². The summed E-state index contributed by atoms with van der Waals surface area (Å²) in [5.41, 5.74) is 7.55. The third-order valence-corrected chi connectivity index (χ3v) is 3.50. The Morgan fingerprint density at radius 2 is 2.00 bits per heavy atom. The molecule has 1 aromatic heterocycles. The molecule has 0 spiro atoms. The van der Waals surface area contributed by atoms with Crippen LogP contribution in [0.4, 0.5) is 15.6 Å². The van der Waals surface area contributed by atoms with E-state index in [4.69, 9.17) is 15.6 Å². The number of ether oxygens (including phenoxy) is 1. The molecule has 0 aliphatic heterocycles. The molecule has 2 aromatic rings. The zero-order valence-corrected chi connectivity index (χ0v) is 16.0. The van der Waals surface area contributed by atoms with Gasteiger partial charge >= 0.3 is 6.09 Å². The maximum atomic E-state index is 11.8. The average molecular weight is 380 g/mol. The largest absolute Gasteiger partial charge is 0.439 e. The third kappa shape index (κ3) is 7.49. The molecule has 0 saturated carbocycles. The number of hydrogen-bond acceptors (Lipinski definition) is 7. The van der Waals surface area contributed by atoms with E-state index < -0.39 is 17.5 Å². The van der Waals surface area contributed by atoms with Crippen molar-refractivity contribution in [3.8, 4) is 11.3 Å². The number of carbonyl (C=O) groups excluding carboxylic acids is 2. The number of benzene rings is 1. The van der Waals surface area contributed by atoms with E-state index >= 15 is 0 Å². The number of hydrogen-bond donors (Lipinski definition) is 4. The number of carbonyl (C=O) groups is 2. The smallest absolute Gasteiger partial charge is 0.408 e. The number of aromatic nitrogens is 1. The lowest BCUT2D eigenvalue weighted by Crippen LogP contribution is -2.41. The molecule has 1 heterocycles. The van der Waals surface area contributed by atoms with Gasteiger partial charge in [0, 0.05) is 29.3 Å². The van der Waals surface area contributed by atoms with Crippen LogP contribution < -0.4 is 16.4 Å². The molecule has 0 radical (unpaired) electrons. The summed E-state index contributed by atoms with van der Waals surface area (Å²) in [6.07, 6.45) is -0.641. The number of aliphatic hydroxyl groups excluding tert-OH is 1. The first-order valence-corrected chi connectivity index (χ1v) is 8.62. The summed E-state index contributed by atoms with van der Waals surface area (Å²) >= 11 is 1.28. The minimum absolute atomic E-state index is 0.380. The van der Waals surface area contributed by atoms with Gasteiger partial charge in [0.15, 0.2) is 11.7 Å². The summed E-state index contributed by atoms with van der Waals surface area (Å²) in [6, 6.07) is 7.32. The lowest BCUT2D eigenvalue weighted by molar-refractivity contribution is -0.119. The molecule has 0 fully saturated rings. The van der Waals surface area contributed by atoms with Gasteiger partial charge in [-0.2, -0.15) is 0 Å². The van der Waals surface area contributed by atoms with E-state index in [1.165, 1.54) is 11.3 Å². The molecule has 0 aliphatic carbocycles. The Morgan fingerprint density at radius 1 is 1.31 bits per heavy atom. The fourth-order valence-electron chi connectivity index (χ4n) is 1.79. The number of anilines is 2. The van der Waals surface area contributed by atoms with Crippen molar-refractivity contribution in [3.63, 3.8) is 0 Å². The van der Waals surface area contributed by atoms with Crippen LogP contribution in [0.5, 0.6) is 0 Å². The van der Waals surface area contributed by atoms with Gasteiger partial charge in [-0.3, -0.25) is 10.1 Å². The first kappa shape index (κ1) is 21.4. The van der Waals surface area contributed by atoms with Gasteiger partial charge in [-0.25, -0.2) is 9.78 Å². The minimum Gasteiger partial charge on any atom is -0.439 e. The van der Waals surface area contributed by atoms with Crippen LogP contribution in [0.2, 0.25) is 0 Å². The highest BCUT2D eigenvalue weighted by molar-refractivity contribution is 7.14. The molecular weight excluding hydrogens is 356 g/mol. The van der Waals surface area contributed by atoms with Crippen molar-refractivity contribution < 1.29 is 19.4 Å². The fraction of sp³-hybridized carbons (Fsp3) is 0.353. The monoisotopic (exact) mass is 380 g/mol. The van der Waals surface area contributed by atoms with Gasteiger partial charge < -0.3 is 20.9 Å². The summed E-state index contributed by atoms with van der Waals surface area (Å²) in [7, 11) is 1.00. The molecule has 142 valence electrons. The Balaban J connectivity index is 0.00000163. The van der Waals surface area contributed by atoms with Gasteiger partial charge in [0.05, 0.1) is 5.69 Å². The quantitative estimate of drug-likeness (QED) is 0.604. The van der Waals surface area contributed by atoms with Crippen molar-refractivity contribution in [1.82, 2.24) is 10.3 Å². The SMILES string of the molecule is CC(C)(C)NC(=O)OCC(=O)Nc1nc(-c2cccc(N)c2)cs1.CO. The van der Waals surface area contributed by atoms with Crippen LogP contribution in [-0.4, -0.2) is 41.3 Å². The van der Waals surface area contributed by atoms with Crippen molar-refractivity contribution in [2.75, 3.05) is 24.8 Å². The van der Waals surface area contributed by atoms with E-state index in [1.807, 2.05) is 38.3 Å². The van der Waals surface area contributed by atoms with Crippen LogP contribution in [0.15, 0.2) is 29.6 Å². The maximum Gasteiger partial charge on any atom is 0.408 e. The minimum atomic E-state index is -0.641. The Bertz CT molecular complexity index is 740. The van der Waals surface area contributed by atoms with E-state index in [0.717, 1.165) is 12.7 Å². The first-order valence-electron chi connectivity index (χ1n) is 7.74. The zero-order chi connectivity index (χ0) is 19.7. The molecule has 0 unspecified atom stereocenters. The highest BCUT2D eigenvalue weighted by Gasteiger charge is 2.16. The van der Waals surface area contributed by atoms with Crippen molar-refractivity contribution in [2.45, 2.75) is 26.3 Å². The van der Waals surface area contributed by atoms with E-state index in [0.29, 0.717) is 16.5 Å². The lowest BCUT2D eigenvalue weighted by Gasteiger charge is -2.19. The zero-order valence-electron chi connectivity index (χ0n) is 15.2. The molecule has 8 nitrogen and oxygen atoms in total. The van der Waals surface area contributed by atoms with Gasteiger partial charge in [-0.15, -0.1) is 11.3 Å². The van der Waals surface area contributed by atoms with E-state index in [2.05, 4.69) is 15.6 Å². The molecule has 5 N–H and O–H groups in total. The number of nitrogens with one attached hydrogen (secondary N) is 2. The number of nitrogens with two attached hydrogens (primary N) is 1. The summed E-state index contributed by atoms with van der Waals surface area (Å²) in [4.78, 5) is 27.6. The Labute approximate surface area is 156 Å². The number of aliphatic hydroxyl groups is 1. The topological polar surface area (TPSA) is 127 Å². The van der Waals surface area contributed by atoms with Gasteiger partial charge in [0.2, 0.25) is 0 Å². The predicted molar refractivity (Wildman–Crippen MR) is 103 cm³/mol. The number of thiazole rings is 1. The van der Waals surface area contributed by atoms with Crippen molar-refractivity contribution in [1.29, 1.82) is 0 Å². The van der Waals surface area contributed by atoms with Crippen LogP contribution in [-0.2, 0) is 9.53 Å². The predicted octanol–water partition coefficient (Wildman–Crippen LogP) is 2.46. The second-order valence-electron chi connectivity index (χ2n) is 6.16. The first-order chi connectivity index (χ1) is 12.2. The number of nitrogens with zero attached hydrogens (tertiary/aromatic N) is 1. The molecule has 26 heavy (non-hydrogen) atoms. The molecule has 2 rings (SSSR count). The van der Waals surface area contributed by atoms with Crippen LogP contribution in [0.25, 0.3) is 11.3 Å². The average Bonchev–Trinajstić information content (AvgIpc) is 3.02. The number of amides is 2. The molecule has 0 atom stereocenters. The Kier molecular flexibility index (Phi) is 8.01. The van der Waals surface area contributed by atoms with E-state index in [-0.39, 0.29) is 6.61 Å². The standard InChI is InChI=1S/C16H20N4O3S.CH4O/c1-16(2,3)20-15(22)23-8-13(21)19-14-18-12(9-24-14)10-5-4-6-11(17)7-10;1-2/h4-7,9H,8,17H2,1-3H3,(H,20,22)(H,18,19,21);2H,1H3. The van der Waals surface area contributed by atoms with Gasteiger partial charge in [-0.05, 0) is 32.9 Å². The molecule has 2 amide bonds. The molecule has 1 aromatic carbocycles. The van der Waals surface area contributed by atoms with Gasteiger partial charge in [0.1, 0.15) is 0 Å². The van der Waals surface area contributed by atoms with Crippen LogP contribution in [0.1, 0.15) is 20.8 Å². The van der Waals surface area contributed by atoms with Crippen LogP contribution >= 0.6 is 11.3 Å². The van der Waals surface area contributed by atoms with E-state index in [1.54, 1.807) is 12.1 Å². The van der Waals surface area contributed by atoms with Crippen LogP contribution in [0, 0.1) is 0 Å². The lowest BCUT2D eigenvalue weighted by atomic mass is 10.1. The third-order valence-electron chi connectivity index (χ3n) is 2.74. The second kappa shape index (κ2) is 9.73. The Morgan fingerprint density at radius 3 is 2.62 bits per heavy atom. The fourth-order valence-corrected chi connectivity index (χ4v) is 2.53. The van der Waals surface area contributed by atoms with E-state index in [9.17, 15) is 9.59 Å². The summed E-state index contributed by atoms with van der Waals surface area (Å²) < 4.78 is 4.86. The molecular formula is C17H24N4O4S. The van der Waals surface area contributed by atoms with Gasteiger partial charge in [-0.1, -0.05) is 12.1 Å². The highest BCUT2D eigenvalue weighted by Crippen LogP contribution is 2.25. The summed E-state index contributed by atoms with van der Waals surface area (Å²) in [5.74, 6) is -0.451. The van der Waals surface area contributed by atoms with Crippen molar-refractivity contribution in [3.05, 3.63) is 29.6 Å².